The van der Waals surface area contributed by atoms with Crippen molar-refractivity contribution in [3.63, 3.8) is 0 Å². The number of nitrogens with zero attached hydrogens (tertiary/aromatic N) is 4. The molecule has 0 saturated heterocycles. The Morgan fingerprint density at radius 3 is 2.58 bits per heavy atom. The first-order valence-electron chi connectivity index (χ1n) is 9.09. The Bertz CT molecular complexity index is 828. The number of carbonyl (C=O) groups is 1. The summed E-state index contributed by atoms with van der Waals surface area (Å²) in [7, 11) is 1.82. The predicted molar refractivity (Wildman–Crippen MR) is 102 cm³/mol. The summed E-state index contributed by atoms with van der Waals surface area (Å²) >= 11 is 0. The van der Waals surface area contributed by atoms with Crippen LogP contribution in [0.2, 0.25) is 0 Å². The number of hydrogen-bond donors (Lipinski definition) is 0. The van der Waals surface area contributed by atoms with Crippen LogP contribution in [-0.2, 0) is 24.7 Å². The molecule has 0 aliphatic heterocycles. The van der Waals surface area contributed by atoms with Gasteiger partial charge in [0.1, 0.15) is 17.3 Å². The zero-order valence-corrected chi connectivity index (χ0v) is 15.1. The SMILES string of the molecule is Cn1nc(-c2ccccn2)nc1CC(=O)CCCCCc1ccccc1. The first kappa shape index (κ1) is 18.0. The molecule has 0 radical (unpaired) electrons. The van der Waals surface area contributed by atoms with Crippen LogP contribution in [-0.4, -0.2) is 25.5 Å². The van der Waals surface area contributed by atoms with Gasteiger partial charge >= 0.3 is 0 Å². The molecule has 0 N–H and O–H groups in total. The summed E-state index contributed by atoms with van der Waals surface area (Å²) in [6.45, 7) is 0. The molecule has 0 atom stereocenters. The molecule has 2 heterocycles. The maximum Gasteiger partial charge on any atom is 0.200 e. The lowest BCUT2D eigenvalue weighted by Crippen LogP contribution is -2.08. The Labute approximate surface area is 154 Å². The Morgan fingerprint density at radius 1 is 1.00 bits per heavy atom. The Morgan fingerprint density at radius 2 is 1.81 bits per heavy atom. The minimum absolute atomic E-state index is 0.216. The molecule has 5 heteroatoms. The fraction of sp³-hybridized carbons (Fsp3) is 0.333. The summed E-state index contributed by atoms with van der Waals surface area (Å²) in [6.07, 6.45) is 6.83. The van der Waals surface area contributed by atoms with Crippen LogP contribution in [0.4, 0.5) is 0 Å². The van der Waals surface area contributed by atoms with Crippen molar-refractivity contribution in [1.82, 2.24) is 19.7 Å². The molecule has 0 bridgehead atoms. The van der Waals surface area contributed by atoms with Gasteiger partial charge < -0.3 is 0 Å². The summed E-state index contributed by atoms with van der Waals surface area (Å²) in [5.41, 5.74) is 2.09. The smallest absolute Gasteiger partial charge is 0.200 e. The lowest BCUT2D eigenvalue weighted by Gasteiger charge is -2.02. The molecule has 3 aromatic rings. The summed E-state index contributed by atoms with van der Waals surface area (Å²) in [5.74, 6) is 1.48. The second-order valence-corrected chi connectivity index (χ2v) is 6.45. The average Bonchev–Trinajstić information content (AvgIpc) is 3.03. The number of aryl methyl sites for hydroxylation is 2. The van der Waals surface area contributed by atoms with E-state index in [9.17, 15) is 4.79 Å². The largest absolute Gasteiger partial charge is 0.299 e. The van der Waals surface area contributed by atoms with Gasteiger partial charge in [-0.05, 0) is 37.0 Å². The fourth-order valence-corrected chi connectivity index (χ4v) is 2.91. The van der Waals surface area contributed by atoms with E-state index in [1.54, 1.807) is 10.9 Å². The third kappa shape index (κ3) is 5.09. The molecule has 134 valence electrons. The van der Waals surface area contributed by atoms with Crippen molar-refractivity contribution in [3.8, 4) is 11.5 Å². The Balaban J connectivity index is 1.43. The molecular weight excluding hydrogens is 324 g/mol. The van der Waals surface area contributed by atoms with Crippen LogP contribution in [0.5, 0.6) is 0 Å². The highest BCUT2D eigenvalue weighted by molar-refractivity contribution is 5.80. The lowest BCUT2D eigenvalue weighted by molar-refractivity contribution is -0.118. The molecule has 0 amide bonds. The second kappa shape index (κ2) is 9.04. The second-order valence-electron chi connectivity index (χ2n) is 6.45. The van der Waals surface area contributed by atoms with Crippen molar-refractivity contribution >= 4 is 5.78 Å². The molecular formula is C21H24N4O. The van der Waals surface area contributed by atoms with Crippen molar-refractivity contribution < 1.29 is 4.79 Å². The van der Waals surface area contributed by atoms with Gasteiger partial charge in [-0.1, -0.05) is 42.8 Å². The van der Waals surface area contributed by atoms with Gasteiger partial charge in [0.2, 0.25) is 0 Å². The van der Waals surface area contributed by atoms with Crippen LogP contribution < -0.4 is 0 Å². The zero-order chi connectivity index (χ0) is 18.2. The van der Waals surface area contributed by atoms with Gasteiger partial charge in [0.05, 0.1) is 6.42 Å². The van der Waals surface area contributed by atoms with Crippen molar-refractivity contribution in [2.75, 3.05) is 0 Å². The van der Waals surface area contributed by atoms with E-state index in [0.29, 0.717) is 24.5 Å². The summed E-state index contributed by atoms with van der Waals surface area (Å²) in [5, 5.41) is 4.37. The molecule has 2 aromatic heterocycles. The van der Waals surface area contributed by atoms with Crippen LogP contribution in [0, 0.1) is 0 Å². The van der Waals surface area contributed by atoms with Crippen LogP contribution in [0.15, 0.2) is 54.7 Å². The molecule has 3 rings (SSSR count). The molecule has 0 aliphatic rings. The first-order valence-corrected chi connectivity index (χ1v) is 9.09. The molecule has 1 aromatic carbocycles. The van der Waals surface area contributed by atoms with E-state index in [1.165, 1.54) is 5.56 Å². The van der Waals surface area contributed by atoms with Gasteiger partial charge in [0.15, 0.2) is 5.82 Å². The average molecular weight is 348 g/mol. The number of rotatable bonds is 9. The number of pyridine rings is 1. The van der Waals surface area contributed by atoms with Gasteiger partial charge in [-0.3, -0.25) is 14.5 Å². The molecule has 0 saturated carbocycles. The van der Waals surface area contributed by atoms with Crippen molar-refractivity contribution in [1.29, 1.82) is 0 Å². The number of carbonyl (C=O) groups excluding carboxylic acids is 1. The van der Waals surface area contributed by atoms with E-state index < -0.39 is 0 Å². The molecule has 5 nitrogen and oxygen atoms in total. The van der Waals surface area contributed by atoms with Crippen molar-refractivity contribution in [2.24, 2.45) is 7.05 Å². The van der Waals surface area contributed by atoms with Gasteiger partial charge in [-0.15, -0.1) is 5.10 Å². The molecule has 0 unspecified atom stereocenters. The number of hydrogen-bond acceptors (Lipinski definition) is 4. The number of benzene rings is 1. The first-order chi connectivity index (χ1) is 12.7. The quantitative estimate of drug-likeness (QED) is 0.552. The molecule has 0 aliphatic carbocycles. The molecule has 26 heavy (non-hydrogen) atoms. The topological polar surface area (TPSA) is 60.7 Å². The lowest BCUT2D eigenvalue weighted by atomic mass is 10.0. The number of aromatic nitrogens is 4. The maximum absolute atomic E-state index is 12.2. The summed E-state index contributed by atoms with van der Waals surface area (Å²) in [6, 6.07) is 16.1. The van der Waals surface area contributed by atoms with E-state index in [2.05, 4.69) is 39.3 Å². The van der Waals surface area contributed by atoms with Crippen LogP contribution >= 0.6 is 0 Å². The minimum Gasteiger partial charge on any atom is -0.299 e. The number of unbranched alkanes of at least 4 members (excludes halogenated alkanes) is 2. The Kier molecular flexibility index (Phi) is 6.25. The highest BCUT2D eigenvalue weighted by Crippen LogP contribution is 2.13. The highest BCUT2D eigenvalue weighted by atomic mass is 16.1. The van der Waals surface area contributed by atoms with Crippen LogP contribution in [0.1, 0.15) is 37.1 Å². The summed E-state index contributed by atoms with van der Waals surface area (Å²) < 4.78 is 1.68. The van der Waals surface area contributed by atoms with Crippen LogP contribution in [0.25, 0.3) is 11.5 Å². The van der Waals surface area contributed by atoms with E-state index in [1.807, 2.05) is 31.3 Å². The van der Waals surface area contributed by atoms with E-state index in [-0.39, 0.29) is 5.78 Å². The predicted octanol–water partition coefficient (Wildman–Crippen LogP) is 3.79. The Hall–Kier alpha value is -2.82. The molecule has 0 fully saturated rings. The highest BCUT2D eigenvalue weighted by Gasteiger charge is 2.13. The number of ketones is 1. The minimum atomic E-state index is 0.216. The fourth-order valence-electron chi connectivity index (χ4n) is 2.91. The van der Waals surface area contributed by atoms with Gasteiger partial charge in [-0.25, -0.2) is 4.98 Å². The molecule has 0 spiro atoms. The number of Topliss-reactive ketones (excluding diaryl/α,β-unsaturated/α-hetero) is 1. The van der Waals surface area contributed by atoms with Crippen molar-refractivity contribution in [2.45, 2.75) is 38.5 Å². The third-order valence-corrected chi connectivity index (χ3v) is 4.37. The standard InChI is InChI=1S/C21H24N4O/c1-25-20(23-21(24-25)19-14-8-9-15-22-19)16-18(26)13-7-3-6-12-17-10-4-2-5-11-17/h2,4-5,8-11,14-15H,3,6-7,12-13,16H2,1H3. The zero-order valence-electron chi connectivity index (χ0n) is 15.1. The third-order valence-electron chi connectivity index (χ3n) is 4.37. The van der Waals surface area contributed by atoms with Crippen LogP contribution in [0.3, 0.4) is 0 Å². The maximum atomic E-state index is 12.2. The van der Waals surface area contributed by atoms with E-state index in [4.69, 9.17) is 0 Å². The summed E-state index contributed by atoms with van der Waals surface area (Å²) in [4.78, 5) is 21.0. The van der Waals surface area contributed by atoms with E-state index >= 15 is 0 Å². The van der Waals surface area contributed by atoms with Gasteiger partial charge in [0.25, 0.3) is 0 Å². The monoisotopic (exact) mass is 348 g/mol. The normalized spacial score (nSPS) is 10.8. The van der Waals surface area contributed by atoms with Gasteiger partial charge in [0, 0.05) is 19.7 Å². The van der Waals surface area contributed by atoms with Crippen molar-refractivity contribution in [3.05, 3.63) is 66.1 Å². The van der Waals surface area contributed by atoms with E-state index in [0.717, 1.165) is 31.4 Å². The van der Waals surface area contributed by atoms with Gasteiger partial charge in [-0.2, -0.15) is 0 Å².